The number of oxazole rings is 1. The Morgan fingerprint density at radius 3 is 2.40 bits per heavy atom. The summed E-state index contributed by atoms with van der Waals surface area (Å²) in [5.41, 5.74) is 5.77. The number of aromatic nitrogens is 2. The minimum atomic E-state index is -4.78. The number of nitrogens with one attached hydrogen (secondary N) is 1. The Labute approximate surface area is 226 Å². The fourth-order valence-electron chi connectivity index (χ4n) is 5.48. The van der Waals surface area contributed by atoms with Gasteiger partial charge >= 0.3 is 12.5 Å². The predicted molar refractivity (Wildman–Crippen MR) is 134 cm³/mol. The number of anilines is 1. The number of nitrogens with zero attached hydrogens (tertiary/aromatic N) is 3. The van der Waals surface area contributed by atoms with Crippen LogP contribution in [0.2, 0.25) is 0 Å². The summed E-state index contributed by atoms with van der Waals surface area (Å²) in [5, 5.41) is 3.66. The molecule has 0 bridgehead atoms. The van der Waals surface area contributed by atoms with Gasteiger partial charge in [-0.25, -0.2) is 9.97 Å². The third kappa shape index (κ3) is 6.35. The summed E-state index contributed by atoms with van der Waals surface area (Å²) in [6.45, 7) is 1.25. The summed E-state index contributed by atoms with van der Waals surface area (Å²) in [7, 11) is 0. The van der Waals surface area contributed by atoms with Crippen LogP contribution in [0, 0.1) is 0 Å². The van der Waals surface area contributed by atoms with E-state index in [0.717, 1.165) is 44.4 Å². The van der Waals surface area contributed by atoms with Gasteiger partial charge in [0.15, 0.2) is 5.76 Å². The fraction of sp³-hybridized carbons (Fsp3) is 0.481. The lowest BCUT2D eigenvalue weighted by Gasteiger charge is -2.43. The number of benzene rings is 1. The molecule has 3 unspecified atom stereocenters. The lowest BCUT2D eigenvalue weighted by Crippen LogP contribution is -2.61. The van der Waals surface area contributed by atoms with E-state index >= 15 is 0 Å². The lowest BCUT2D eigenvalue weighted by atomic mass is 9.77. The number of piperidine rings is 1. The summed E-state index contributed by atoms with van der Waals surface area (Å²) >= 11 is 0. The van der Waals surface area contributed by atoms with Crippen LogP contribution in [0.3, 0.4) is 0 Å². The molecule has 0 radical (unpaired) electrons. The zero-order valence-corrected chi connectivity index (χ0v) is 21.4. The number of ether oxygens (including phenoxy) is 1. The Kier molecular flexibility index (Phi) is 7.71. The van der Waals surface area contributed by atoms with Crippen LogP contribution in [0.25, 0.3) is 11.3 Å². The molecule has 1 aliphatic carbocycles. The van der Waals surface area contributed by atoms with Crippen molar-refractivity contribution in [3.8, 4) is 17.1 Å². The van der Waals surface area contributed by atoms with E-state index in [-0.39, 0.29) is 17.8 Å². The number of alkyl halides is 6. The smallest absolute Gasteiger partial charge is 0.439 e. The van der Waals surface area contributed by atoms with E-state index in [1.54, 1.807) is 0 Å². The van der Waals surface area contributed by atoms with Crippen LogP contribution in [0.1, 0.15) is 50.0 Å². The van der Waals surface area contributed by atoms with Gasteiger partial charge in [-0.05, 0) is 62.1 Å². The van der Waals surface area contributed by atoms with Crippen LogP contribution in [0.4, 0.5) is 32.2 Å². The summed E-state index contributed by atoms with van der Waals surface area (Å²) in [5.74, 6) is 0.870. The Morgan fingerprint density at radius 1 is 0.950 bits per heavy atom. The molecule has 3 aromatic rings. The van der Waals surface area contributed by atoms with Gasteiger partial charge in [0.1, 0.15) is 17.1 Å². The van der Waals surface area contributed by atoms with Gasteiger partial charge in [-0.3, -0.25) is 0 Å². The molecule has 13 heteroatoms. The van der Waals surface area contributed by atoms with E-state index in [1.807, 2.05) is 4.90 Å². The highest BCUT2D eigenvalue weighted by molar-refractivity contribution is 5.57. The molecule has 3 N–H and O–H groups in total. The first kappa shape index (κ1) is 28.2. The monoisotopic (exact) mass is 569 g/mol. The van der Waals surface area contributed by atoms with Crippen LogP contribution in [-0.2, 0) is 11.7 Å². The molecule has 1 saturated carbocycles. The zero-order valence-electron chi connectivity index (χ0n) is 21.4. The molecule has 2 aromatic heterocycles. The summed E-state index contributed by atoms with van der Waals surface area (Å²) in [4.78, 5) is 10.5. The second-order valence-electron chi connectivity index (χ2n) is 10.3. The molecule has 3 heterocycles. The third-order valence-electron chi connectivity index (χ3n) is 7.49. The number of hydrogen-bond acceptors (Lipinski definition) is 7. The molecule has 2 aliphatic rings. The van der Waals surface area contributed by atoms with Gasteiger partial charge in [0.05, 0.1) is 11.8 Å². The largest absolute Gasteiger partial charge is 0.573 e. The Morgan fingerprint density at radius 2 is 1.73 bits per heavy atom. The van der Waals surface area contributed by atoms with Crippen molar-refractivity contribution in [2.24, 2.45) is 5.73 Å². The molecule has 1 aromatic carbocycles. The molecular weight excluding hydrogens is 540 g/mol. The van der Waals surface area contributed by atoms with Gasteiger partial charge in [-0.2, -0.15) is 13.2 Å². The van der Waals surface area contributed by atoms with Crippen molar-refractivity contribution >= 4 is 5.82 Å². The van der Waals surface area contributed by atoms with Crippen LogP contribution in [-0.4, -0.2) is 41.5 Å². The van der Waals surface area contributed by atoms with Gasteiger partial charge in [-0.1, -0.05) is 12.8 Å². The molecule has 216 valence electrons. The Hall–Kier alpha value is -3.32. The lowest BCUT2D eigenvalue weighted by molar-refractivity contribution is -0.274. The second kappa shape index (κ2) is 10.9. The second-order valence-corrected chi connectivity index (χ2v) is 10.3. The van der Waals surface area contributed by atoms with Gasteiger partial charge in [0.25, 0.3) is 0 Å². The quantitative estimate of drug-likeness (QED) is 0.352. The summed E-state index contributed by atoms with van der Waals surface area (Å²) in [6.07, 6.45) is -1.90. The van der Waals surface area contributed by atoms with E-state index in [4.69, 9.17) is 10.2 Å². The Bertz CT molecular complexity index is 1280. The van der Waals surface area contributed by atoms with Crippen molar-refractivity contribution in [2.75, 3.05) is 18.0 Å². The molecule has 1 saturated heterocycles. The number of nitrogens with two attached hydrogens (primary N) is 1. The minimum Gasteiger partial charge on any atom is -0.439 e. The topological polar surface area (TPSA) is 89.4 Å². The minimum absolute atomic E-state index is 0.0273. The van der Waals surface area contributed by atoms with Crippen LogP contribution in [0.15, 0.2) is 53.2 Å². The summed E-state index contributed by atoms with van der Waals surface area (Å²) < 4.78 is 86.2. The third-order valence-corrected chi connectivity index (χ3v) is 7.49. The first-order valence-corrected chi connectivity index (χ1v) is 13.1. The van der Waals surface area contributed by atoms with E-state index in [0.29, 0.717) is 42.5 Å². The average Bonchev–Trinajstić information content (AvgIpc) is 3.41. The van der Waals surface area contributed by atoms with Crippen molar-refractivity contribution < 1.29 is 35.5 Å². The summed E-state index contributed by atoms with van der Waals surface area (Å²) in [6, 6.07) is 7.62. The molecule has 7 nitrogen and oxygen atoms in total. The van der Waals surface area contributed by atoms with Gasteiger partial charge in [0.2, 0.25) is 5.89 Å². The van der Waals surface area contributed by atoms with Crippen molar-refractivity contribution in [3.05, 3.63) is 60.2 Å². The maximum Gasteiger partial charge on any atom is 0.573 e. The van der Waals surface area contributed by atoms with E-state index in [2.05, 4.69) is 20.0 Å². The van der Waals surface area contributed by atoms with Gasteiger partial charge < -0.3 is 25.1 Å². The van der Waals surface area contributed by atoms with Crippen LogP contribution < -0.4 is 20.7 Å². The van der Waals surface area contributed by atoms with E-state index in [9.17, 15) is 26.3 Å². The first-order valence-electron chi connectivity index (χ1n) is 13.1. The van der Waals surface area contributed by atoms with Crippen LogP contribution in [0.5, 0.6) is 5.75 Å². The fourth-order valence-corrected chi connectivity index (χ4v) is 5.48. The molecule has 0 amide bonds. The van der Waals surface area contributed by atoms with Crippen LogP contribution >= 0.6 is 0 Å². The zero-order chi connectivity index (χ0) is 28.5. The predicted octanol–water partition coefficient (Wildman–Crippen LogP) is 6.01. The first-order chi connectivity index (χ1) is 18.9. The van der Waals surface area contributed by atoms with E-state index < -0.39 is 23.6 Å². The maximum atomic E-state index is 12.9. The molecule has 5 rings (SSSR count). The molecule has 3 atom stereocenters. The number of halogens is 6. The standard InChI is InChI=1S/C27H29F6N5O2/c28-26(29,30)18-8-11-23(35-14-18)38-13-3-4-19(16-38)37-22-5-1-2-12-25(22,34)24-36-15-21(39-24)17-6-9-20(10-7-17)40-27(31,32)33/h6-11,14-15,19,22,37H,1-5,12-13,16,34H2. The van der Waals surface area contributed by atoms with Crippen molar-refractivity contribution in [3.63, 3.8) is 0 Å². The SMILES string of the molecule is NC1(c2ncc(-c3ccc(OC(F)(F)F)cc3)o2)CCCCC1NC1CCCN(c2ccc(C(F)(F)F)cn2)C1. The molecule has 1 aliphatic heterocycles. The number of hydrogen-bond donors (Lipinski definition) is 2. The van der Waals surface area contributed by atoms with Crippen molar-refractivity contribution in [1.29, 1.82) is 0 Å². The van der Waals surface area contributed by atoms with Gasteiger partial charge in [-0.15, -0.1) is 13.2 Å². The molecule has 40 heavy (non-hydrogen) atoms. The maximum absolute atomic E-state index is 12.9. The van der Waals surface area contributed by atoms with E-state index in [1.165, 1.54) is 36.5 Å². The number of pyridine rings is 1. The highest BCUT2D eigenvalue weighted by atomic mass is 19.4. The highest BCUT2D eigenvalue weighted by Gasteiger charge is 2.44. The molecule has 2 fully saturated rings. The van der Waals surface area contributed by atoms with Crippen molar-refractivity contribution in [1.82, 2.24) is 15.3 Å². The average molecular weight is 570 g/mol. The molecular formula is C27H29F6N5O2. The number of rotatable bonds is 6. The van der Waals surface area contributed by atoms with Crippen molar-refractivity contribution in [2.45, 2.75) is 68.7 Å². The van der Waals surface area contributed by atoms with Gasteiger partial charge in [0, 0.05) is 36.9 Å². The molecule has 0 spiro atoms. The Balaban J connectivity index is 1.28. The normalized spacial score (nSPS) is 24.2. The highest BCUT2D eigenvalue weighted by Crippen LogP contribution is 2.38.